The lowest BCUT2D eigenvalue weighted by atomic mass is 10.2. The Morgan fingerprint density at radius 1 is 0.714 bits per heavy atom. The van der Waals surface area contributed by atoms with E-state index >= 15 is 0 Å². The molecule has 0 atom stereocenters. The van der Waals surface area contributed by atoms with Gasteiger partial charge in [0.25, 0.3) is 0 Å². The topological polar surface area (TPSA) is 0 Å². The summed E-state index contributed by atoms with van der Waals surface area (Å²) in [7, 11) is 0. The molecule has 0 bridgehead atoms. The lowest BCUT2D eigenvalue weighted by Gasteiger charge is -2.35. The second kappa shape index (κ2) is 7.34. The first-order chi connectivity index (χ1) is 6.74. The van der Waals surface area contributed by atoms with E-state index in [9.17, 15) is 0 Å². The van der Waals surface area contributed by atoms with E-state index in [1.165, 1.54) is 0 Å². The number of nitrogens with zero attached hydrogens (tertiary/aromatic N) is 1. The Labute approximate surface area is 88.3 Å². The molecule has 0 aliphatic heterocycles. The van der Waals surface area contributed by atoms with Crippen LogP contribution in [0.1, 0.15) is 6.42 Å². The van der Waals surface area contributed by atoms with Gasteiger partial charge in [0.1, 0.15) is 0 Å². The maximum absolute atomic E-state index is 3.81. The fourth-order valence-electron chi connectivity index (χ4n) is 1.68. The van der Waals surface area contributed by atoms with E-state index in [0.717, 1.165) is 37.1 Å². The molecule has 0 aromatic heterocycles. The molecule has 1 nitrogen and oxygen atoms in total. The molecule has 0 fully saturated rings. The van der Waals surface area contributed by atoms with Crippen LogP contribution in [0.15, 0.2) is 50.6 Å². The predicted octanol–water partition coefficient (Wildman–Crippen LogP) is 2.94. The fourth-order valence-corrected chi connectivity index (χ4v) is 1.68. The summed E-state index contributed by atoms with van der Waals surface area (Å²) in [6.07, 6.45) is 8.89. The van der Waals surface area contributed by atoms with Gasteiger partial charge >= 0.3 is 0 Å². The van der Waals surface area contributed by atoms with Crippen molar-refractivity contribution in [3.05, 3.63) is 50.6 Å². The zero-order chi connectivity index (χ0) is 10.9. The minimum Gasteiger partial charge on any atom is -0.314 e. The van der Waals surface area contributed by atoms with Gasteiger partial charge < -0.3 is 4.48 Å². The van der Waals surface area contributed by atoms with Crippen molar-refractivity contribution in [2.24, 2.45) is 0 Å². The Hall–Kier alpha value is -1.08. The summed E-state index contributed by atoms with van der Waals surface area (Å²) >= 11 is 0. The van der Waals surface area contributed by atoms with E-state index in [2.05, 4.69) is 26.3 Å². The van der Waals surface area contributed by atoms with Gasteiger partial charge in [-0.3, -0.25) is 0 Å². The minimum atomic E-state index is 0.961. The van der Waals surface area contributed by atoms with Crippen molar-refractivity contribution in [1.82, 2.24) is 0 Å². The molecule has 0 N–H and O–H groups in total. The second-order valence-corrected chi connectivity index (χ2v) is 3.56. The Kier molecular flexibility index (Phi) is 6.77. The van der Waals surface area contributed by atoms with E-state index in [4.69, 9.17) is 0 Å². The van der Waals surface area contributed by atoms with Crippen molar-refractivity contribution in [1.29, 1.82) is 0 Å². The van der Waals surface area contributed by atoms with Crippen LogP contribution >= 0.6 is 0 Å². The first-order valence-corrected chi connectivity index (χ1v) is 5.03. The maximum Gasteiger partial charge on any atom is 0.0976 e. The van der Waals surface area contributed by atoms with Crippen molar-refractivity contribution in [3.63, 3.8) is 0 Å². The van der Waals surface area contributed by atoms with E-state index in [1.54, 1.807) is 0 Å². The van der Waals surface area contributed by atoms with E-state index in [-0.39, 0.29) is 0 Å². The van der Waals surface area contributed by atoms with Crippen LogP contribution in [-0.2, 0) is 0 Å². The highest BCUT2D eigenvalue weighted by Gasteiger charge is 2.21. The average molecular weight is 192 g/mol. The van der Waals surface area contributed by atoms with Crippen LogP contribution in [0.25, 0.3) is 0 Å². The summed E-state index contributed by atoms with van der Waals surface area (Å²) in [5.41, 5.74) is 0. The van der Waals surface area contributed by atoms with Gasteiger partial charge in [-0.1, -0.05) is 25.8 Å². The Bertz CT molecular complexity index is 177. The van der Waals surface area contributed by atoms with Gasteiger partial charge in [0.05, 0.1) is 26.2 Å². The van der Waals surface area contributed by atoms with Crippen LogP contribution in [0.3, 0.4) is 0 Å². The van der Waals surface area contributed by atoms with Gasteiger partial charge in [-0.25, -0.2) is 0 Å². The lowest BCUT2D eigenvalue weighted by molar-refractivity contribution is -0.911. The van der Waals surface area contributed by atoms with Gasteiger partial charge in [-0.05, 0) is 18.2 Å². The highest BCUT2D eigenvalue weighted by atomic mass is 15.3. The summed E-state index contributed by atoms with van der Waals surface area (Å²) < 4.78 is 0.961. The number of hydrogen-bond donors (Lipinski definition) is 0. The van der Waals surface area contributed by atoms with Crippen LogP contribution in [0.2, 0.25) is 0 Å². The number of hydrogen-bond acceptors (Lipinski definition) is 0. The summed E-state index contributed by atoms with van der Waals surface area (Å²) in [5.74, 6) is 0. The second-order valence-electron chi connectivity index (χ2n) is 3.56. The molecule has 0 saturated heterocycles. The van der Waals surface area contributed by atoms with Crippen molar-refractivity contribution in [3.8, 4) is 0 Å². The first kappa shape index (κ1) is 12.9. The predicted molar refractivity (Wildman–Crippen MR) is 65.1 cm³/mol. The Morgan fingerprint density at radius 3 is 1.43 bits per heavy atom. The standard InChI is InChI=1S/C13H22N/c1-5-9-13-14(10-6-2,11-7-3)12-8-4/h5-8H,1-4,9-13H2/q+1. The lowest BCUT2D eigenvalue weighted by Crippen LogP contribution is -2.48. The molecule has 0 rings (SSSR count). The Morgan fingerprint density at radius 2 is 1.14 bits per heavy atom. The summed E-state index contributed by atoms with van der Waals surface area (Å²) in [6.45, 7) is 19.2. The smallest absolute Gasteiger partial charge is 0.0976 e. The van der Waals surface area contributed by atoms with Gasteiger partial charge in [-0.15, -0.1) is 6.58 Å². The molecule has 0 saturated carbocycles. The van der Waals surface area contributed by atoms with Crippen molar-refractivity contribution < 1.29 is 4.48 Å². The van der Waals surface area contributed by atoms with Crippen molar-refractivity contribution in [2.75, 3.05) is 26.2 Å². The highest BCUT2D eigenvalue weighted by Crippen LogP contribution is 2.09. The third-order valence-electron chi connectivity index (χ3n) is 2.36. The van der Waals surface area contributed by atoms with Crippen LogP contribution in [0.5, 0.6) is 0 Å². The summed E-state index contributed by atoms with van der Waals surface area (Å²) in [6, 6.07) is 0. The van der Waals surface area contributed by atoms with Gasteiger partial charge in [0.2, 0.25) is 0 Å². The SMILES string of the molecule is C=CCC[N+](CC=C)(CC=C)CC=C. The van der Waals surface area contributed by atoms with Crippen LogP contribution < -0.4 is 0 Å². The summed E-state index contributed by atoms with van der Waals surface area (Å²) in [4.78, 5) is 0. The molecular weight excluding hydrogens is 170 g/mol. The molecule has 0 unspecified atom stereocenters. The molecule has 0 heterocycles. The molecule has 0 radical (unpaired) electrons. The van der Waals surface area contributed by atoms with Crippen molar-refractivity contribution >= 4 is 0 Å². The largest absolute Gasteiger partial charge is 0.314 e. The number of quaternary nitrogens is 1. The third kappa shape index (κ3) is 4.24. The van der Waals surface area contributed by atoms with Crippen LogP contribution in [0, 0.1) is 0 Å². The quantitative estimate of drug-likeness (QED) is 0.389. The van der Waals surface area contributed by atoms with E-state index < -0.39 is 0 Å². The minimum absolute atomic E-state index is 0.961. The molecule has 0 aromatic carbocycles. The summed E-state index contributed by atoms with van der Waals surface area (Å²) in [5, 5.41) is 0. The zero-order valence-electron chi connectivity index (χ0n) is 9.12. The maximum atomic E-state index is 3.81. The molecule has 0 aliphatic rings. The van der Waals surface area contributed by atoms with Crippen molar-refractivity contribution in [2.45, 2.75) is 6.42 Å². The monoisotopic (exact) mass is 192 g/mol. The Balaban J connectivity index is 4.50. The average Bonchev–Trinajstić information content (AvgIpc) is 2.16. The third-order valence-corrected chi connectivity index (χ3v) is 2.36. The highest BCUT2D eigenvalue weighted by molar-refractivity contribution is 4.77. The molecule has 78 valence electrons. The molecule has 0 aliphatic carbocycles. The molecule has 0 aromatic rings. The molecular formula is C13H22N+. The molecule has 0 spiro atoms. The molecule has 0 amide bonds. The van der Waals surface area contributed by atoms with Gasteiger partial charge in [-0.2, -0.15) is 0 Å². The fraction of sp³-hybridized carbons (Fsp3) is 0.385. The molecule has 14 heavy (non-hydrogen) atoms. The first-order valence-electron chi connectivity index (χ1n) is 5.03. The van der Waals surface area contributed by atoms with Gasteiger partial charge in [0, 0.05) is 6.42 Å². The van der Waals surface area contributed by atoms with Crippen LogP contribution in [0.4, 0.5) is 0 Å². The van der Waals surface area contributed by atoms with E-state index in [0.29, 0.717) is 0 Å². The number of rotatable bonds is 9. The van der Waals surface area contributed by atoms with E-state index in [1.807, 2.05) is 24.3 Å². The van der Waals surface area contributed by atoms with Crippen LogP contribution in [-0.4, -0.2) is 30.7 Å². The molecule has 1 heteroatoms. The van der Waals surface area contributed by atoms with Gasteiger partial charge in [0.15, 0.2) is 0 Å². The normalized spacial score (nSPS) is 10.6. The zero-order valence-corrected chi connectivity index (χ0v) is 9.12.